The molecule has 2 aromatic carbocycles. The van der Waals surface area contributed by atoms with Crippen LogP contribution in [0.2, 0.25) is 5.02 Å². The number of ether oxygens (including phenoxy) is 2. The standard InChI is InChI=1S/C20H15ClN2O3/c21-16-11-22-10-9-15(16)13-5-7-14(8-6-13)23-20(24)19-12-25-17-3-1-2-4-18(17)26-19/h1-11,19H,12H2,(H,23,24)/t19-/m1/s1. The minimum absolute atomic E-state index is 0.174. The summed E-state index contributed by atoms with van der Waals surface area (Å²) in [5.74, 6) is 0.964. The van der Waals surface area contributed by atoms with E-state index in [1.54, 1.807) is 18.5 Å². The molecule has 1 aromatic heterocycles. The Hall–Kier alpha value is -3.05. The lowest BCUT2D eigenvalue weighted by molar-refractivity contribution is -0.125. The molecule has 0 unspecified atom stereocenters. The summed E-state index contributed by atoms with van der Waals surface area (Å²) in [4.78, 5) is 16.4. The number of benzene rings is 2. The van der Waals surface area contributed by atoms with Crippen LogP contribution in [0.1, 0.15) is 0 Å². The van der Waals surface area contributed by atoms with Crippen LogP contribution in [0.15, 0.2) is 67.0 Å². The molecule has 0 fully saturated rings. The number of aromatic nitrogens is 1. The van der Waals surface area contributed by atoms with E-state index in [0.717, 1.165) is 11.1 Å². The van der Waals surface area contributed by atoms with Gasteiger partial charge in [-0.25, -0.2) is 0 Å². The highest BCUT2D eigenvalue weighted by Crippen LogP contribution is 2.31. The Bertz CT molecular complexity index is 944. The Balaban J connectivity index is 1.45. The second-order valence-corrected chi connectivity index (χ2v) is 6.19. The van der Waals surface area contributed by atoms with Crippen LogP contribution in [0.5, 0.6) is 11.5 Å². The molecule has 6 heteroatoms. The quantitative estimate of drug-likeness (QED) is 0.755. The smallest absolute Gasteiger partial charge is 0.269 e. The van der Waals surface area contributed by atoms with Crippen molar-refractivity contribution in [3.63, 3.8) is 0 Å². The van der Waals surface area contributed by atoms with Gasteiger partial charge in [-0.15, -0.1) is 0 Å². The van der Waals surface area contributed by atoms with Crippen molar-refractivity contribution in [3.05, 3.63) is 72.0 Å². The van der Waals surface area contributed by atoms with E-state index in [1.807, 2.05) is 48.5 Å². The average molecular weight is 367 g/mol. The molecule has 0 spiro atoms. The Morgan fingerprint density at radius 2 is 1.85 bits per heavy atom. The van der Waals surface area contributed by atoms with Crippen LogP contribution in [0, 0.1) is 0 Å². The van der Waals surface area contributed by atoms with Crippen LogP contribution >= 0.6 is 11.6 Å². The van der Waals surface area contributed by atoms with Crippen molar-refractivity contribution in [3.8, 4) is 22.6 Å². The summed E-state index contributed by atoms with van der Waals surface area (Å²) in [5, 5.41) is 3.43. The van der Waals surface area contributed by atoms with Gasteiger partial charge in [-0.3, -0.25) is 9.78 Å². The molecule has 4 rings (SSSR count). The fraction of sp³-hybridized carbons (Fsp3) is 0.100. The van der Waals surface area contributed by atoms with Crippen LogP contribution in [-0.4, -0.2) is 23.6 Å². The van der Waals surface area contributed by atoms with E-state index in [4.69, 9.17) is 21.1 Å². The fourth-order valence-electron chi connectivity index (χ4n) is 2.71. The molecule has 0 radical (unpaired) electrons. The third-order valence-corrected chi connectivity index (χ3v) is 4.34. The normalized spacial score (nSPS) is 15.3. The summed E-state index contributed by atoms with van der Waals surface area (Å²) in [6.07, 6.45) is 2.60. The molecular weight excluding hydrogens is 352 g/mol. The van der Waals surface area contributed by atoms with Crippen LogP contribution in [-0.2, 0) is 4.79 Å². The van der Waals surface area contributed by atoms with Crippen molar-refractivity contribution in [1.29, 1.82) is 0 Å². The van der Waals surface area contributed by atoms with Gasteiger partial charge < -0.3 is 14.8 Å². The maximum absolute atomic E-state index is 12.4. The Morgan fingerprint density at radius 1 is 1.08 bits per heavy atom. The van der Waals surface area contributed by atoms with Crippen LogP contribution in [0.4, 0.5) is 5.69 Å². The van der Waals surface area contributed by atoms with Crippen molar-refractivity contribution in [2.24, 2.45) is 0 Å². The topological polar surface area (TPSA) is 60.5 Å². The summed E-state index contributed by atoms with van der Waals surface area (Å²) in [5.41, 5.74) is 2.51. The molecule has 5 nitrogen and oxygen atoms in total. The fourth-order valence-corrected chi connectivity index (χ4v) is 2.94. The average Bonchev–Trinajstić information content (AvgIpc) is 2.69. The number of para-hydroxylation sites is 2. The number of hydrogen-bond acceptors (Lipinski definition) is 4. The molecule has 1 N–H and O–H groups in total. The van der Waals surface area contributed by atoms with E-state index in [-0.39, 0.29) is 12.5 Å². The predicted molar refractivity (Wildman–Crippen MR) is 99.7 cm³/mol. The molecule has 1 aliphatic rings. The molecular formula is C20H15ClN2O3. The Kier molecular flexibility index (Phi) is 4.46. The molecule has 0 saturated heterocycles. The van der Waals surface area contributed by atoms with Gasteiger partial charge in [-0.05, 0) is 35.9 Å². The van der Waals surface area contributed by atoms with Gasteiger partial charge >= 0.3 is 0 Å². The van der Waals surface area contributed by atoms with Crippen LogP contribution in [0.3, 0.4) is 0 Å². The molecule has 0 saturated carbocycles. The minimum Gasteiger partial charge on any atom is -0.485 e. The first-order chi connectivity index (χ1) is 12.7. The first-order valence-corrected chi connectivity index (χ1v) is 8.48. The summed E-state index contributed by atoms with van der Waals surface area (Å²) in [7, 11) is 0. The zero-order valence-corrected chi connectivity index (χ0v) is 14.4. The molecule has 2 heterocycles. The Labute approximate surface area is 155 Å². The molecule has 1 atom stereocenters. The van der Waals surface area contributed by atoms with Crippen molar-refractivity contribution in [1.82, 2.24) is 4.98 Å². The van der Waals surface area contributed by atoms with E-state index in [2.05, 4.69) is 10.3 Å². The molecule has 1 aliphatic heterocycles. The van der Waals surface area contributed by atoms with Crippen LogP contribution in [0.25, 0.3) is 11.1 Å². The molecule has 130 valence electrons. The van der Waals surface area contributed by atoms with Crippen molar-refractivity contribution in [2.75, 3.05) is 11.9 Å². The first-order valence-electron chi connectivity index (χ1n) is 8.10. The zero-order valence-electron chi connectivity index (χ0n) is 13.7. The van der Waals surface area contributed by atoms with Crippen molar-refractivity contribution in [2.45, 2.75) is 6.10 Å². The maximum Gasteiger partial charge on any atom is 0.269 e. The number of nitrogens with zero attached hydrogens (tertiary/aromatic N) is 1. The number of nitrogens with one attached hydrogen (secondary N) is 1. The lowest BCUT2D eigenvalue weighted by atomic mass is 10.1. The van der Waals surface area contributed by atoms with E-state index in [1.165, 1.54) is 0 Å². The van der Waals surface area contributed by atoms with Gasteiger partial charge in [0, 0.05) is 23.6 Å². The second-order valence-electron chi connectivity index (χ2n) is 5.79. The van der Waals surface area contributed by atoms with E-state index < -0.39 is 6.10 Å². The van der Waals surface area contributed by atoms with E-state index >= 15 is 0 Å². The van der Waals surface area contributed by atoms with Gasteiger partial charge in [0.25, 0.3) is 5.91 Å². The highest BCUT2D eigenvalue weighted by molar-refractivity contribution is 6.33. The molecule has 0 aliphatic carbocycles. The monoisotopic (exact) mass is 366 g/mol. The number of fused-ring (bicyclic) bond motifs is 1. The Morgan fingerprint density at radius 3 is 2.62 bits per heavy atom. The van der Waals surface area contributed by atoms with E-state index in [9.17, 15) is 4.79 Å². The lowest BCUT2D eigenvalue weighted by Crippen LogP contribution is -2.40. The lowest BCUT2D eigenvalue weighted by Gasteiger charge is -2.25. The third-order valence-electron chi connectivity index (χ3n) is 4.04. The van der Waals surface area contributed by atoms with Gasteiger partial charge in [0.05, 0.1) is 5.02 Å². The van der Waals surface area contributed by atoms with Crippen molar-refractivity contribution < 1.29 is 14.3 Å². The van der Waals surface area contributed by atoms with Crippen molar-refractivity contribution >= 4 is 23.2 Å². The summed E-state index contributed by atoms with van der Waals surface area (Å²) in [6.45, 7) is 0.174. The number of halogens is 1. The molecule has 26 heavy (non-hydrogen) atoms. The molecule has 0 bridgehead atoms. The highest BCUT2D eigenvalue weighted by Gasteiger charge is 2.27. The number of carbonyl (C=O) groups excluding carboxylic acids is 1. The van der Waals surface area contributed by atoms with Gasteiger partial charge in [0.15, 0.2) is 11.5 Å². The van der Waals surface area contributed by atoms with Gasteiger partial charge in [-0.2, -0.15) is 0 Å². The highest BCUT2D eigenvalue weighted by atomic mass is 35.5. The minimum atomic E-state index is -0.695. The SMILES string of the molecule is O=C(Nc1ccc(-c2ccncc2Cl)cc1)[C@H]1COc2ccccc2O1. The number of pyridine rings is 1. The van der Waals surface area contributed by atoms with Crippen LogP contribution < -0.4 is 14.8 Å². The largest absolute Gasteiger partial charge is 0.485 e. The molecule has 1 amide bonds. The van der Waals surface area contributed by atoms with Gasteiger partial charge in [-0.1, -0.05) is 35.9 Å². The van der Waals surface area contributed by atoms with E-state index in [0.29, 0.717) is 22.2 Å². The first kappa shape index (κ1) is 16.4. The molecule has 3 aromatic rings. The predicted octanol–water partition coefficient (Wildman–Crippen LogP) is 4.18. The van der Waals surface area contributed by atoms with Gasteiger partial charge in [0.2, 0.25) is 6.10 Å². The summed E-state index contributed by atoms with van der Waals surface area (Å²) >= 11 is 6.16. The number of anilines is 1. The number of carbonyl (C=O) groups is 1. The zero-order chi connectivity index (χ0) is 17.9. The van der Waals surface area contributed by atoms with Gasteiger partial charge in [0.1, 0.15) is 6.61 Å². The number of amides is 1. The summed E-state index contributed by atoms with van der Waals surface area (Å²) < 4.78 is 11.3. The summed E-state index contributed by atoms with van der Waals surface area (Å²) in [6, 6.07) is 16.6. The maximum atomic E-state index is 12.4. The third kappa shape index (κ3) is 3.34. The second kappa shape index (κ2) is 7.06. The number of hydrogen-bond donors (Lipinski definition) is 1. The number of rotatable bonds is 3.